The predicted octanol–water partition coefficient (Wildman–Crippen LogP) is 2.25. The molecule has 0 radical (unpaired) electrons. The lowest BCUT2D eigenvalue weighted by Crippen LogP contribution is -2.51. The summed E-state index contributed by atoms with van der Waals surface area (Å²) in [6, 6.07) is 4.54. The number of morpholine rings is 1. The van der Waals surface area contributed by atoms with Gasteiger partial charge < -0.3 is 14.2 Å². The summed E-state index contributed by atoms with van der Waals surface area (Å²) in [5.41, 5.74) is 1.15. The molecule has 1 aromatic heterocycles. The standard InChI is InChI=1S/C18H26N2O3/c1-21-18-14(3-2-8-19-18)11-20-9-10-22-17-15(20)6-7-16(17)23-12-13-4-5-13/h2-3,8,13,15-17H,4-7,9-12H2,1H3/t15-,16-,17+/m1/s1. The van der Waals surface area contributed by atoms with Gasteiger partial charge in [0.1, 0.15) is 0 Å². The highest BCUT2D eigenvalue weighted by molar-refractivity contribution is 5.25. The van der Waals surface area contributed by atoms with Crippen LogP contribution >= 0.6 is 0 Å². The lowest BCUT2D eigenvalue weighted by atomic mass is 10.1. The van der Waals surface area contributed by atoms with Crippen molar-refractivity contribution in [2.45, 2.75) is 50.5 Å². The zero-order chi connectivity index (χ0) is 15.6. The van der Waals surface area contributed by atoms with Crippen LogP contribution in [0.5, 0.6) is 5.88 Å². The van der Waals surface area contributed by atoms with Gasteiger partial charge >= 0.3 is 0 Å². The molecule has 1 aromatic rings. The molecule has 5 heteroatoms. The Balaban J connectivity index is 1.41. The average Bonchev–Trinajstić information content (AvgIpc) is 3.33. The van der Waals surface area contributed by atoms with Crippen LogP contribution < -0.4 is 4.74 Å². The van der Waals surface area contributed by atoms with Crippen molar-refractivity contribution < 1.29 is 14.2 Å². The minimum Gasteiger partial charge on any atom is -0.481 e. The third-order valence-electron chi connectivity index (χ3n) is 5.31. The number of ether oxygens (including phenoxy) is 3. The van der Waals surface area contributed by atoms with Gasteiger partial charge in [-0.2, -0.15) is 0 Å². The molecule has 0 spiro atoms. The second kappa shape index (κ2) is 6.75. The maximum Gasteiger partial charge on any atom is 0.217 e. The minimum atomic E-state index is 0.227. The summed E-state index contributed by atoms with van der Waals surface area (Å²) in [6.45, 7) is 3.55. The molecule has 0 N–H and O–H groups in total. The highest BCUT2D eigenvalue weighted by atomic mass is 16.5. The van der Waals surface area contributed by atoms with Crippen molar-refractivity contribution in [1.29, 1.82) is 0 Å². The fourth-order valence-corrected chi connectivity index (χ4v) is 3.86. The van der Waals surface area contributed by atoms with Crippen molar-refractivity contribution >= 4 is 0 Å². The summed E-state index contributed by atoms with van der Waals surface area (Å²) in [5.74, 6) is 1.54. The monoisotopic (exact) mass is 318 g/mol. The number of hydrogen-bond donors (Lipinski definition) is 0. The van der Waals surface area contributed by atoms with E-state index in [0.717, 1.165) is 56.5 Å². The van der Waals surface area contributed by atoms with Gasteiger partial charge in [0.05, 0.1) is 25.9 Å². The van der Waals surface area contributed by atoms with Gasteiger partial charge in [0.25, 0.3) is 0 Å². The molecule has 2 saturated carbocycles. The first-order valence-electron chi connectivity index (χ1n) is 8.80. The Morgan fingerprint density at radius 1 is 1.30 bits per heavy atom. The summed E-state index contributed by atoms with van der Waals surface area (Å²) in [4.78, 5) is 6.84. The normalized spacial score (nSPS) is 31.1. The van der Waals surface area contributed by atoms with Crippen LogP contribution in [0, 0.1) is 5.92 Å². The summed E-state index contributed by atoms with van der Waals surface area (Å²) in [5, 5.41) is 0. The molecule has 23 heavy (non-hydrogen) atoms. The molecule has 4 rings (SSSR count). The maximum absolute atomic E-state index is 6.15. The number of pyridine rings is 1. The van der Waals surface area contributed by atoms with Crippen LogP contribution in [-0.4, -0.2) is 55.0 Å². The number of rotatable bonds is 6. The van der Waals surface area contributed by atoms with E-state index >= 15 is 0 Å². The summed E-state index contributed by atoms with van der Waals surface area (Å²) < 4.78 is 17.6. The predicted molar refractivity (Wildman–Crippen MR) is 86.4 cm³/mol. The SMILES string of the molecule is COc1ncccc1CN1CCO[C@H]2[C@H]1CC[C@H]2OCC1CC1. The van der Waals surface area contributed by atoms with Gasteiger partial charge in [-0.15, -0.1) is 0 Å². The Kier molecular flexibility index (Phi) is 4.51. The highest BCUT2D eigenvalue weighted by Crippen LogP contribution is 2.36. The van der Waals surface area contributed by atoms with E-state index in [1.54, 1.807) is 13.3 Å². The molecule has 126 valence electrons. The number of aromatic nitrogens is 1. The second-order valence-corrected chi connectivity index (χ2v) is 6.94. The first-order chi connectivity index (χ1) is 11.3. The Morgan fingerprint density at radius 2 is 2.22 bits per heavy atom. The van der Waals surface area contributed by atoms with Crippen molar-refractivity contribution in [3.8, 4) is 5.88 Å². The van der Waals surface area contributed by atoms with Crippen LogP contribution in [0.2, 0.25) is 0 Å². The molecule has 1 saturated heterocycles. The van der Waals surface area contributed by atoms with Crippen LogP contribution in [0.4, 0.5) is 0 Å². The molecule has 3 aliphatic rings. The van der Waals surface area contributed by atoms with E-state index in [1.807, 2.05) is 6.07 Å². The van der Waals surface area contributed by atoms with Gasteiger partial charge in [0.15, 0.2) is 0 Å². The molecule has 0 amide bonds. The molecule has 2 heterocycles. The van der Waals surface area contributed by atoms with E-state index in [9.17, 15) is 0 Å². The lowest BCUT2D eigenvalue weighted by Gasteiger charge is -2.39. The number of hydrogen-bond acceptors (Lipinski definition) is 5. The van der Waals surface area contributed by atoms with E-state index < -0.39 is 0 Å². The van der Waals surface area contributed by atoms with E-state index in [0.29, 0.717) is 6.04 Å². The molecule has 3 fully saturated rings. The molecular formula is C18H26N2O3. The van der Waals surface area contributed by atoms with E-state index in [4.69, 9.17) is 14.2 Å². The molecule has 5 nitrogen and oxygen atoms in total. The third-order valence-corrected chi connectivity index (χ3v) is 5.31. The first-order valence-corrected chi connectivity index (χ1v) is 8.80. The van der Waals surface area contributed by atoms with Crippen LogP contribution in [0.3, 0.4) is 0 Å². The third kappa shape index (κ3) is 3.37. The number of methoxy groups -OCH3 is 1. The number of fused-ring (bicyclic) bond motifs is 1. The van der Waals surface area contributed by atoms with Crippen LogP contribution in [0.15, 0.2) is 18.3 Å². The minimum absolute atomic E-state index is 0.227. The fourth-order valence-electron chi connectivity index (χ4n) is 3.86. The van der Waals surface area contributed by atoms with Crippen molar-refractivity contribution in [3.63, 3.8) is 0 Å². The smallest absolute Gasteiger partial charge is 0.217 e. The van der Waals surface area contributed by atoms with Crippen molar-refractivity contribution in [2.75, 3.05) is 26.9 Å². The number of nitrogens with zero attached hydrogens (tertiary/aromatic N) is 2. The largest absolute Gasteiger partial charge is 0.481 e. The fraction of sp³-hybridized carbons (Fsp3) is 0.722. The summed E-state index contributed by atoms with van der Waals surface area (Å²) in [6.07, 6.45) is 7.24. The average molecular weight is 318 g/mol. The van der Waals surface area contributed by atoms with E-state index in [1.165, 1.54) is 12.8 Å². The highest BCUT2D eigenvalue weighted by Gasteiger charge is 2.43. The zero-order valence-corrected chi connectivity index (χ0v) is 13.8. The second-order valence-electron chi connectivity index (χ2n) is 6.94. The quantitative estimate of drug-likeness (QED) is 0.805. The molecule has 0 unspecified atom stereocenters. The van der Waals surface area contributed by atoms with E-state index in [-0.39, 0.29) is 12.2 Å². The van der Waals surface area contributed by atoms with Crippen LogP contribution in [0.1, 0.15) is 31.2 Å². The zero-order valence-electron chi connectivity index (χ0n) is 13.8. The molecule has 2 aliphatic carbocycles. The Bertz CT molecular complexity index is 535. The van der Waals surface area contributed by atoms with Crippen molar-refractivity contribution in [2.24, 2.45) is 5.92 Å². The van der Waals surface area contributed by atoms with Crippen LogP contribution in [-0.2, 0) is 16.0 Å². The van der Waals surface area contributed by atoms with Crippen molar-refractivity contribution in [1.82, 2.24) is 9.88 Å². The van der Waals surface area contributed by atoms with E-state index in [2.05, 4.69) is 16.0 Å². The maximum atomic E-state index is 6.15. The van der Waals surface area contributed by atoms with Crippen LogP contribution in [0.25, 0.3) is 0 Å². The summed E-state index contributed by atoms with van der Waals surface area (Å²) >= 11 is 0. The van der Waals surface area contributed by atoms with Gasteiger partial charge in [0.2, 0.25) is 5.88 Å². The van der Waals surface area contributed by atoms with Gasteiger partial charge in [-0.3, -0.25) is 4.90 Å². The Hall–Kier alpha value is -1.17. The molecule has 3 atom stereocenters. The molecule has 0 bridgehead atoms. The molecular weight excluding hydrogens is 292 g/mol. The molecule has 1 aliphatic heterocycles. The Labute approximate surface area is 137 Å². The van der Waals surface area contributed by atoms with Gasteiger partial charge in [-0.05, 0) is 37.7 Å². The molecule has 0 aromatic carbocycles. The summed E-state index contributed by atoms with van der Waals surface area (Å²) in [7, 11) is 1.69. The van der Waals surface area contributed by atoms with Gasteiger partial charge in [-0.1, -0.05) is 6.07 Å². The van der Waals surface area contributed by atoms with Gasteiger partial charge in [0, 0.05) is 37.5 Å². The van der Waals surface area contributed by atoms with Crippen molar-refractivity contribution in [3.05, 3.63) is 23.9 Å². The Morgan fingerprint density at radius 3 is 3.04 bits per heavy atom. The first kappa shape index (κ1) is 15.4. The van der Waals surface area contributed by atoms with Gasteiger partial charge in [-0.25, -0.2) is 4.98 Å². The lowest BCUT2D eigenvalue weighted by molar-refractivity contribution is -0.116. The topological polar surface area (TPSA) is 43.8 Å².